The summed E-state index contributed by atoms with van der Waals surface area (Å²) in [5.74, 6) is -0.276. The van der Waals surface area contributed by atoms with Crippen LogP contribution in [-0.2, 0) is 14.3 Å². The molecular formula is C14H24NO3+. The van der Waals surface area contributed by atoms with Gasteiger partial charge >= 0.3 is 5.97 Å². The Hall–Kier alpha value is -1.42. The van der Waals surface area contributed by atoms with Crippen LogP contribution in [0.25, 0.3) is 0 Å². The maximum Gasteiger partial charge on any atom is 0.338 e. The number of carbonyl (C=O) groups excluding carboxylic acids is 2. The minimum absolute atomic E-state index is 0.0827. The van der Waals surface area contributed by atoms with Crippen molar-refractivity contribution in [1.29, 1.82) is 0 Å². The maximum atomic E-state index is 11.3. The van der Waals surface area contributed by atoms with Crippen LogP contribution in [0, 0.1) is 0 Å². The van der Waals surface area contributed by atoms with Gasteiger partial charge in [0.2, 0.25) is 0 Å². The molecule has 0 aliphatic carbocycles. The Morgan fingerprint density at radius 1 is 1.28 bits per heavy atom. The number of carbonyl (C=O) groups is 2. The van der Waals surface area contributed by atoms with Crippen LogP contribution in [0.5, 0.6) is 0 Å². The van der Waals surface area contributed by atoms with Gasteiger partial charge in [0.15, 0.2) is 5.78 Å². The number of likely N-dealkylation sites (N-methyl/N-ethyl adjacent to an activating group) is 1. The Kier molecular flexibility index (Phi) is 7.20. The number of unbranched alkanes of at least 4 members (excludes halogenated alkanes) is 1. The van der Waals surface area contributed by atoms with Gasteiger partial charge in [-0.3, -0.25) is 4.79 Å². The van der Waals surface area contributed by atoms with Gasteiger partial charge < -0.3 is 9.22 Å². The van der Waals surface area contributed by atoms with E-state index in [1.807, 2.05) is 14.1 Å². The molecule has 0 radical (unpaired) electrons. The molecule has 0 bridgehead atoms. The van der Waals surface area contributed by atoms with Crippen LogP contribution in [0.1, 0.15) is 19.3 Å². The number of hydrogen-bond donors (Lipinski definition) is 0. The molecule has 0 spiro atoms. The third-order valence-corrected chi connectivity index (χ3v) is 2.76. The van der Waals surface area contributed by atoms with E-state index in [9.17, 15) is 9.59 Å². The fourth-order valence-corrected chi connectivity index (χ4v) is 1.75. The highest BCUT2D eigenvalue weighted by atomic mass is 16.5. The first-order valence-electron chi connectivity index (χ1n) is 6.06. The van der Waals surface area contributed by atoms with Crippen LogP contribution in [0.4, 0.5) is 0 Å². The van der Waals surface area contributed by atoms with Gasteiger partial charge in [-0.2, -0.15) is 0 Å². The molecule has 0 unspecified atom stereocenters. The summed E-state index contributed by atoms with van der Waals surface area (Å²) in [5.41, 5.74) is 0.477. The summed E-state index contributed by atoms with van der Waals surface area (Å²) in [4.78, 5) is 22.3. The predicted octanol–water partition coefficient (Wildman–Crippen LogP) is 1.72. The average Bonchev–Trinajstić information content (AvgIpc) is 2.32. The normalized spacial score (nSPS) is 10.8. The third-order valence-electron chi connectivity index (χ3n) is 2.76. The summed E-state index contributed by atoms with van der Waals surface area (Å²) in [6.45, 7) is 8.61. The zero-order chi connectivity index (χ0) is 14.2. The highest BCUT2D eigenvalue weighted by Gasteiger charge is 2.20. The summed E-state index contributed by atoms with van der Waals surface area (Å²) < 4.78 is 5.29. The molecule has 0 saturated heterocycles. The number of methoxy groups -OCH3 is 1. The van der Waals surface area contributed by atoms with Crippen molar-refractivity contribution in [3.05, 3.63) is 24.8 Å². The van der Waals surface area contributed by atoms with Crippen LogP contribution >= 0.6 is 0 Å². The number of rotatable bonds is 9. The molecule has 0 N–H and O–H groups in total. The molecule has 0 aromatic heterocycles. The Bertz CT molecular complexity index is 332. The van der Waals surface area contributed by atoms with E-state index in [4.69, 9.17) is 0 Å². The summed E-state index contributed by atoms with van der Waals surface area (Å²) in [6, 6.07) is 0. The number of quaternary nitrogens is 1. The lowest BCUT2D eigenvalue weighted by atomic mass is 10.1. The molecule has 0 aromatic carbocycles. The van der Waals surface area contributed by atoms with Gasteiger partial charge in [-0.25, -0.2) is 4.79 Å². The topological polar surface area (TPSA) is 43.4 Å². The highest BCUT2D eigenvalue weighted by Crippen LogP contribution is 2.08. The van der Waals surface area contributed by atoms with Crippen LogP contribution in [0.2, 0.25) is 0 Å². The molecule has 0 atom stereocenters. The van der Waals surface area contributed by atoms with Crippen molar-refractivity contribution >= 4 is 11.8 Å². The molecule has 0 aromatic rings. The molecule has 0 amide bonds. The second-order valence-corrected chi connectivity index (χ2v) is 5.04. The fraction of sp³-hybridized carbons (Fsp3) is 0.571. The number of nitrogens with zero attached hydrogens (tertiary/aromatic N) is 1. The van der Waals surface area contributed by atoms with E-state index in [1.54, 1.807) is 0 Å². The molecule has 4 nitrogen and oxygen atoms in total. The molecule has 0 heterocycles. The summed E-state index contributed by atoms with van der Waals surface area (Å²) in [6.07, 6.45) is 3.68. The SMILES string of the molecule is C=CC(=O)CCCC[N+](C)(C)CC(=C)C(=O)OC. The van der Waals surface area contributed by atoms with Gasteiger partial charge in [-0.05, 0) is 18.9 Å². The van der Waals surface area contributed by atoms with Crippen molar-refractivity contribution in [3.63, 3.8) is 0 Å². The number of ketones is 1. The van der Waals surface area contributed by atoms with E-state index in [-0.39, 0.29) is 11.8 Å². The van der Waals surface area contributed by atoms with Crippen molar-refractivity contribution in [1.82, 2.24) is 0 Å². The minimum Gasteiger partial charge on any atom is -0.466 e. The van der Waals surface area contributed by atoms with Gasteiger partial charge in [-0.15, -0.1) is 0 Å². The first-order chi connectivity index (χ1) is 8.32. The third kappa shape index (κ3) is 7.01. The zero-order valence-electron chi connectivity index (χ0n) is 11.7. The monoisotopic (exact) mass is 254 g/mol. The summed E-state index contributed by atoms with van der Waals surface area (Å²) in [5, 5.41) is 0. The van der Waals surface area contributed by atoms with Crippen LogP contribution < -0.4 is 0 Å². The van der Waals surface area contributed by atoms with Crippen molar-refractivity contribution in [2.45, 2.75) is 19.3 Å². The van der Waals surface area contributed by atoms with Gasteiger partial charge in [0, 0.05) is 6.42 Å². The van der Waals surface area contributed by atoms with E-state index in [2.05, 4.69) is 17.9 Å². The minimum atomic E-state index is -0.358. The lowest BCUT2D eigenvalue weighted by molar-refractivity contribution is -0.885. The standard InChI is InChI=1S/C14H24NO3/c1-6-13(16)9-7-8-10-15(3,4)11-12(2)14(17)18-5/h6H,1-2,7-11H2,3-5H3/q+1. The van der Waals surface area contributed by atoms with Crippen molar-refractivity contribution < 1.29 is 18.8 Å². The second-order valence-electron chi connectivity index (χ2n) is 5.04. The first-order valence-corrected chi connectivity index (χ1v) is 6.06. The second kappa shape index (κ2) is 7.82. The van der Waals surface area contributed by atoms with E-state index in [0.29, 0.717) is 23.0 Å². The fourth-order valence-electron chi connectivity index (χ4n) is 1.75. The lowest BCUT2D eigenvalue weighted by Gasteiger charge is -2.30. The lowest BCUT2D eigenvalue weighted by Crippen LogP contribution is -2.43. The molecule has 4 heteroatoms. The van der Waals surface area contributed by atoms with Gasteiger partial charge in [-0.1, -0.05) is 13.2 Å². The molecular weight excluding hydrogens is 230 g/mol. The zero-order valence-corrected chi connectivity index (χ0v) is 11.7. The van der Waals surface area contributed by atoms with Crippen molar-refractivity contribution in [2.75, 3.05) is 34.3 Å². The molecule has 0 aliphatic rings. The van der Waals surface area contributed by atoms with Crippen LogP contribution in [-0.4, -0.2) is 50.5 Å². The van der Waals surface area contributed by atoms with E-state index in [0.717, 1.165) is 19.4 Å². The Labute approximate surface area is 110 Å². The Balaban J connectivity index is 4.00. The summed E-state index contributed by atoms with van der Waals surface area (Å²) >= 11 is 0. The molecule has 18 heavy (non-hydrogen) atoms. The average molecular weight is 254 g/mol. The number of ether oxygens (including phenoxy) is 1. The number of hydrogen-bond acceptors (Lipinski definition) is 3. The van der Waals surface area contributed by atoms with E-state index < -0.39 is 0 Å². The van der Waals surface area contributed by atoms with E-state index >= 15 is 0 Å². The molecule has 0 rings (SSSR count). The number of esters is 1. The predicted molar refractivity (Wildman–Crippen MR) is 72.1 cm³/mol. The van der Waals surface area contributed by atoms with Crippen molar-refractivity contribution in [3.8, 4) is 0 Å². The molecule has 102 valence electrons. The Morgan fingerprint density at radius 2 is 1.89 bits per heavy atom. The van der Waals surface area contributed by atoms with Gasteiger partial charge in [0.1, 0.15) is 6.54 Å². The Morgan fingerprint density at radius 3 is 2.39 bits per heavy atom. The van der Waals surface area contributed by atoms with E-state index in [1.165, 1.54) is 13.2 Å². The van der Waals surface area contributed by atoms with Crippen molar-refractivity contribution in [2.24, 2.45) is 0 Å². The summed E-state index contributed by atoms with van der Waals surface area (Å²) in [7, 11) is 5.42. The number of allylic oxidation sites excluding steroid dienone is 1. The quantitative estimate of drug-likeness (QED) is 0.272. The van der Waals surface area contributed by atoms with Crippen LogP contribution in [0.3, 0.4) is 0 Å². The highest BCUT2D eigenvalue weighted by molar-refractivity contribution is 5.89. The molecule has 0 aliphatic heterocycles. The molecule has 0 saturated carbocycles. The van der Waals surface area contributed by atoms with Gasteiger partial charge in [0.25, 0.3) is 0 Å². The maximum absolute atomic E-state index is 11.3. The van der Waals surface area contributed by atoms with Crippen LogP contribution in [0.15, 0.2) is 24.8 Å². The largest absolute Gasteiger partial charge is 0.466 e. The first kappa shape index (κ1) is 16.6. The smallest absolute Gasteiger partial charge is 0.338 e. The molecule has 0 fully saturated rings. The van der Waals surface area contributed by atoms with Gasteiger partial charge in [0.05, 0.1) is 33.3 Å².